The summed E-state index contributed by atoms with van der Waals surface area (Å²) in [5.41, 5.74) is 8.20. The Kier molecular flexibility index (Phi) is 5.08. The highest BCUT2D eigenvalue weighted by Gasteiger charge is 2.53. The molecule has 0 aliphatic carbocycles. The molecule has 0 radical (unpaired) electrons. The molecule has 3 aromatic carbocycles. The number of nitrogens with zero attached hydrogens (tertiary/aromatic N) is 1. The average Bonchev–Trinajstić information content (AvgIpc) is 3.34. The highest BCUT2D eigenvalue weighted by molar-refractivity contribution is 5.68. The summed E-state index contributed by atoms with van der Waals surface area (Å²) in [6.45, 7) is 3.18. The number of ether oxygens (including phenoxy) is 2. The zero-order valence-electron chi connectivity index (χ0n) is 19.0. The molecule has 3 aromatic rings. The number of quaternary nitrogens is 1. The van der Waals surface area contributed by atoms with Crippen molar-refractivity contribution in [2.75, 3.05) is 20.2 Å². The van der Waals surface area contributed by atoms with Gasteiger partial charge in [0.15, 0.2) is 17.2 Å². The number of para-hydroxylation sites is 1. The molecule has 2 N–H and O–H groups in total. The number of nitrogens with one attached hydrogen (secondary N) is 2. The van der Waals surface area contributed by atoms with Crippen molar-refractivity contribution < 1.29 is 14.4 Å². The van der Waals surface area contributed by atoms with E-state index in [4.69, 9.17) is 9.47 Å². The van der Waals surface area contributed by atoms with Crippen LogP contribution in [-0.2, 0) is 6.54 Å². The van der Waals surface area contributed by atoms with Gasteiger partial charge in [-0.25, -0.2) is 0 Å². The Morgan fingerprint density at radius 1 is 0.970 bits per heavy atom. The van der Waals surface area contributed by atoms with Crippen LogP contribution in [0.25, 0.3) is 5.70 Å². The van der Waals surface area contributed by atoms with Crippen molar-refractivity contribution in [1.82, 2.24) is 10.4 Å². The maximum Gasteiger partial charge on any atom is 0.191 e. The van der Waals surface area contributed by atoms with Crippen LogP contribution in [0.1, 0.15) is 35.6 Å². The summed E-state index contributed by atoms with van der Waals surface area (Å²) in [7, 11) is 1.72. The van der Waals surface area contributed by atoms with E-state index in [0.717, 1.165) is 55.2 Å². The van der Waals surface area contributed by atoms with Gasteiger partial charge in [-0.15, -0.1) is 0 Å². The molecule has 5 nitrogen and oxygen atoms in total. The molecule has 3 heterocycles. The third-order valence-corrected chi connectivity index (χ3v) is 7.24. The van der Waals surface area contributed by atoms with Crippen LogP contribution in [0.3, 0.4) is 0 Å². The van der Waals surface area contributed by atoms with E-state index in [9.17, 15) is 0 Å². The fourth-order valence-corrected chi connectivity index (χ4v) is 5.50. The number of rotatable bonds is 4. The molecule has 0 bridgehead atoms. The molecule has 3 aliphatic rings. The zero-order valence-corrected chi connectivity index (χ0v) is 19.0. The maximum absolute atomic E-state index is 6.87. The number of hydrogen-bond acceptors (Lipinski definition) is 4. The van der Waals surface area contributed by atoms with Crippen LogP contribution < -0.4 is 19.8 Å². The van der Waals surface area contributed by atoms with Crippen molar-refractivity contribution in [3.05, 3.63) is 102 Å². The molecule has 5 heteroatoms. The van der Waals surface area contributed by atoms with Gasteiger partial charge in [0, 0.05) is 11.1 Å². The minimum atomic E-state index is -0.403. The minimum absolute atomic E-state index is 0.106. The molecule has 168 valence electrons. The Labute approximate surface area is 195 Å². The van der Waals surface area contributed by atoms with E-state index < -0.39 is 5.72 Å². The van der Waals surface area contributed by atoms with Gasteiger partial charge < -0.3 is 19.8 Å². The largest absolute Gasteiger partial charge is 0.493 e. The summed E-state index contributed by atoms with van der Waals surface area (Å²) in [4.78, 5) is 1.60. The molecular formula is C28H30N3O2+. The van der Waals surface area contributed by atoms with Gasteiger partial charge in [0.25, 0.3) is 0 Å². The smallest absolute Gasteiger partial charge is 0.191 e. The Hall–Kier alpha value is -3.28. The normalized spacial score (nSPS) is 26.0. The fraction of sp³-hybridized carbons (Fsp3) is 0.286. The van der Waals surface area contributed by atoms with Crippen LogP contribution in [0, 0.1) is 0 Å². The summed E-state index contributed by atoms with van der Waals surface area (Å²) in [5, 5.41) is 2.36. The highest BCUT2D eigenvalue weighted by Crippen LogP contribution is 2.50. The molecule has 0 unspecified atom stereocenters. The third-order valence-electron chi connectivity index (χ3n) is 7.24. The Morgan fingerprint density at radius 3 is 2.42 bits per heavy atom. The lowest BCUT2D eigenvalue weighted by Gasteiger charge is -2.50. The van der Waals surface area contributed by atoms with E-state index in [1.165, 1.54) is 11.1 Å². The molecular weight excluding hydrogens is 410 g/mol. The van der Waals surface area contributed by atoms with Gasteiger partial charge in [0.2, 0.25) is 0 Å². The Morgan fingerprint density at radius 2 is 1.70 bits per heavy atom. The summed E-state index contributed by atoms with van der Waals surface area (Å²) in [5.74, 6) is 1.70. The monoisotopic (exact) mass is 440 g/mol. The van der Waals surface area contributed by atoms with Crippen LogP contribution >= 0.6 is 0 Å². The van der Waals surface area contributed by atoms with Gasteiger partial charge >= 0.3 is 0 Å². The zero-order chi connectivity index (χ0) is 22.3. The quantitative estimate of drug-likeness (QED) is 0.651. The summed E-state index contributed by atoms with van der Waals surface area (Å²) >= 11 is 0. The summed E-state index contributed by atoms with van der Waals surface area (Å²) in [6, 6.07) is 27.7. The summed E-state index contributed by atoms with van der Waals surface area (Å²) in [6.07, 6.45) is 4.24. The molecule has 33 heavy (non-hydrogen) atoms. The Balaban J connectivity index is 1.32. The average molecular weight is 441 g/mol. The van der Waals surface area contributed by atoms with Gasteiger partial charge in [-0.2, -0.15) is 5.01 Å². The number of benzene rings is 3. The SMILES string of the molecule is COc1cccc2c1OC1(CC[NH+](Cc3ccccc3)CC1)N1NC(c3ccccc3)=C[C@@H]21. The fourth-order valence-electron chi connectivity index (χ4n) is 5.50. The number of hydrogen-bond donors (Lipinski definition) is 2. The molecule has 1 saturated heterocycles. The number of hydrazine groups is 1. The second-order valence-corrected chi connectivity index (χ2v) is 9.21. The number of piperidine rings is 1. The third kappa shape index (κ3) is 3.58. The van der Waals surface area contributed by atoms with Crippen molar-refractivity contribution in [2.45, 2.75) is 31.2 Å². The molecule has 0 aromatic heterocycles. The predicted molar refractivity (Wildman–Crippen MR) is 129 cm³/mol. The van der Waals surface area contributed by atoms with Crippen molar-refractivity contribution in [1.29, 1.82) is 0 Å². The van der Waals surface area contributed by atoms with E-state index in [1.807, 2.05) is 6.07 Å². The van der Waals surface area contributed by atoms with Crippen molar-refractivity contribution in [3.8, 4) is 11.5 Å². The first-order chi connectivity index (χ1) is 16.3. The van der Waals surface area contributed by atoms with E-state index in [2.05, 4.69) is 89.3 Å². The topological polar surface area (TPSA) is 38.2 Å². The van der Waals surface area contributed by atoms with E-state index in [1.54, 1.807) is 12.0 Å². The van der Waals surface area contributed by atoms with Crippen LogP contribution in [0.15, 0.2) is 84.9 Å². The van der Waals surface area contributed by atoms with Crippen molar-refractivity contribution in [3.63, 3.8) is 0 Å². The predicted octanol–water partition coefficient (Wildman–Crippen LogP) is 3.57. The van der Waals surface area contributed by atoms with Crippen molar-refractivity contribution in [2.24, 2.45) is 0 Å². The maximum atomic E-state index is 6.87. The number of methoxy groups -OCH3 is 1. The molecule has 1 fully saturated rings. The van der Waals surface area contributed by atoms with Gasteiger partial charge in [0.05, 0.1) is 44.8 Å². The summed E-state index contributed by atoms with van der Waals surface area (Å²) < 4.78 is 12.6. The van der Waals surface area contributed by atoms with E-state index in [0.29, 0.717) is 0 Å². The highest BCUT2D eigenvalue weighted by atomic mass is 16.5. The first-order valence-corrected chi connectivity index (χ1v) is 11.8. The lowest BCUT2D eigenvalue weighted by atomic mass is 9.92. The lowest BCUT2D eigenvalue weighted by molar-refractivity contribution is -0.921. The van der Waals surface area contributed by atoms with Crippen LogP contribution in [0.4, 0.5) is 0 Å². The van der Waals surface area contributed by atoms with Crippen LogP contribution in [-0.4, -0.2) is 30.9 Å². The van der Waals surface area contributed by atoms with Gasteiger partial charge in [-0.3, -0.25) is 0 Å². The number of likely N-dealkylation sites (tertiary alicyclic amines) is 1. The van der Waals surface area contributed by atoms with E-state index >= 15 is 0 Å². The Bertz CT molecular complexity index is 1150. The first kappa shape index (κ1) is 20.3. The second-order valence-electron chi connectivity index (χ2n) is 9.21. The van der Waals surface area contributed by atoms with Gasteiger partial charge in [-0.1, -0.05) is 72.8 Å². The van der Waals surface area contributed by atoms with Gasteiger partial charge in [-0.05, 0) is 17.7 Å². The second kappa shape index (κ2) is 8.25. The minimum Gasteiger partial charge on any atom is -0.493 e. The molecule has 0 saturated carbocycles. The first-order valence-electron chi connectivity index (χ1n) is 11.8. The van der Waals surface area contributed by atoms with E-state index in [-0.39, 0.29) is 6.04 Å². The molecule has 0 amide bonds. The molecule has 6 rings (SSSR count). The standard InChI is InChI=1S/C28H29N3O2/c1-32-26-14-8-13-23-25-19-24(22-11-6-3-7-12-22)29-31(25)28(33-27(23)26)15-17-30(18-16-28)20-21-9-4-2-5-10-21/h2-14,19,25,29H,15-18,20H2,1H3/p+1/t25-/m0/s1. The van der Waals surface area contributed by atoms with Crippen LogP contribution in [0.2, 0.25) is 0 Å². The number of fused-ring (bicyclic) bond motifs is 4. The van der Waals surface area contributed by atoms with Crippen molar-refractivity contribution >= 4 is 5.70 Å². The molecule has 1 spiro atoms. The molecule has 3 aliphatic heterocycles. The lowest BCUT2D eigenvalue weighted by Crippen LogP contribution is -3.12. The molecule has 1 atom stereocenters. The van der Waals surface area contributed by atoms with Gasteiger partial charge in [0.1, 0.15) is 6.54 Å². The van der Waals surface area contributed by atoms with Crippen LogP contribution in [0.5, 0.6) is 11.5 Å².